The number of aromatic amines is 1. The predicted molar refractivity (Wildman–Crippen MR) is 119 cm³/mol. The lowest BCUT2D eigenvalue weighted by Gasteiger charge is -2.24. The van der Waals surface area contributed by atoms with Gasteiger partial charge >= 0.3 is 5.97 Å². The molecule has 4 rings (SSSR count). The van der Waals surface area contributed by atoms with Gasteiger partial charge in [0.05, 0.1) is 22.8 Å². The second-order valence-electron chi connectivity index (χ2n) is 6.71. The number of carbonyl (C=O) groups is 2. The summed E-state index contributed by atoms with van der Waals surface area (Å²) >= 11 is 12.5. The minimum atomic E-state index is -1.20. The van der Waals surface area contributed by atoms with Crippen LogP contribution in [0.25, 0.3) is 10.9 Å². The molecule has 30 heavy (non-hydrogen) atoms. The van der Waals surface area contributed by atoms with E-state index >= 15 is 0 Å². The first kappa shape index (κ1) is 20.0. The Balaban J connectivity index is 1.97. The van der Waals surface area contributed by atoms with Gasteiger partial charge in [0.2, 0.25) is 0 Å². The summed E-state index contributed by atoms with van der Waals surface area (Å²) in [6.45, 7) is 0.167. The zero-order valence-electron chi connectivity index (χ0n) is 15.6. The number of hydrogen-bond acceptors (Lipinski definition) is 2. The lowest BCUT2D eigenvalue weighted by molar-refractivity contribution is 0.0692. The van der Waals surface area contributed by atoms with Gasteiger partial charge in [0.1, 0.15) is 5.69 Å². The Morgan fingerprint density at radius 1 is 0.933 bits per heavy atom. The third-order valence-corrected chi connectivity index (χ3v) is 5.24. The van der Waals surface area contributed by atoms with E-state index in [4.69, 9.17) is 23.2 Å². The molecule has 0 radical (unpaired) electrons. The second kappa shape index (κ2) is 8.22. The number of carboxylic acids is 1. The molecule has 5 nitrogen and oxygen atoms in total. The molecule has 0 atom stereocenters. The molecule has 0 saturated heterocycles. The Hall–Kier alpha value is -3.28. The normalized spacial score (nSPS) is 10.9. The highest BCUT2D eigenvalue weighted by Gasteiger charge is 2.29. The average Bonchev–Trinajstić information content (AvgIpc) is 3.12. The first-order valence-electron chi connectivity index (χ1n) is 9.10. The Morgan fingerprint density at radius 2 is 1.57 bits per heavy atom. The van der Waals surface area contributed by atoms with E-state index in [2.05, 4.69) is 4.98 Å². The highest BCUT2D eigenvalue weighted by Crippen LogP contribution is 2.39. The van der Waals surface area contributed by atoms with E-state index in [1.165, 1.54) is 11.0 Å². The maximum Gasteiger partial charge on any atom is 0.354 e. The topological polar surface area (TPSA) is 73.4 Å². The van der Waals surface area contributed by atoms with Crippen LogP contribution in [0.1, 0.15) is 26.4 Å². The van der Waals surface area contributed by atoms with Crippen molar-refractivity contribution in [3.63, 3.8) is 0 Å². The van der Waals surface area contributed by atoms with Gasteiger partial charge in [0.25, 0.3) is 5.91 Å². The van der Waals surface area contributed by atoms with Crippen LogP contribution in [-0.4, -0.2) is 22.0 Å². The lowest BCUT2D eigenvalue weighted by Crippen LogP contribution is -2.31. The zero-order chi connectivity index (χ0) is 21.3. The van der Waals surface area contributed by atoms with Gasteiger partial charge in [-0.3, -0.25) is 4.79 Å². The van der Waals surface area contributed by atoms with Crippen molar-refractivity contribution < 1.29 is 14.7 Å². The van der Waals surface area contributed by atoms with Crippen LogP contribution in [0.3, 0.4) is 0 Å². The van der Waals surface area contributed by atoms with Gasteiger partial charge in [-0.1, -0.05) is 71.7 Å². The Bertz CT molecular complexity index is 1240. The summed E-state index contributed by atoms with van der Waals surface area (Å²) in [6.07, 6.45) is 0. The number of nitrogens with one attached hydrogen (secondary N) is 1. The first-order chi connectivity index (χ1) is 14.5. The van der Waals surface area contributed by atoms with Gasteiger partial charge in [0, 0.05) is 16.0 Å². The van der Waals surface area contributed by atoms with Crippen LogP contribution >= 0.6 is 23.2 Å². The fraction of sp³-hybridized carbons (Fsp3) is 0.0435. The van der Waals surface area contributed by atoms with Crippen molar-refractivity contribution in [1.29, 1.82) is 0 Å². The van der Waals surface area contributed by atoms with E-state index in [9.17, 15) is 14.7 Å². The maximum atomic E-state index is 13.5. The SMILES string of the molecule is O=C(O)c1[nH]c2cc(Cl)cc(Cl)c2c1N(Cc1ccccc1)C(=O)c1ccccc1. The van der Waals surface area contributed by atoms with Crippen LogP contribution in [0.2, 0.25) is 10.0 Å². The number of carbonyl (C=O) groups excluding carboxylic acids is 1. The molecule has 0 aliphatic carbocycles. The zero-order valence-corrected chi connectivity index (χ0v) is 17.1. The van der Waals surface area contributed by atoms with Crippen molar-refractivity contribution in [2.24, 2.45) is 0 Å². The fourth-order valence-electron chi connectivity index (χ4n) is 3.41. The molecule has 7 heteroatoms. The molecule has 0 spiro atoms. The van der Waals surface area contributed by atoms with Crippen molar-refractivity contribution in [3.8, 4) is 0 Å². The molecule has 0 unspecified atom stereocenters. The predicted octanol–water partition coefficient (Wildman–Crippen LogP) is 6.02. The van der Waals surface area contributed by atoms with Crippen LogP contribution < -0.4 is 4.90 Å². The molecule has 0 saturated carbocycles. The molecule has 0 bridgehead atoms. The molecular weight excluding hydrogens is 423 g/mol. The van der Waals surface area contributed by atoms with E-state index in [1.54, 1.807) is 30.3 Å². The lowest BCUT2D eigenvalue weighted by atomic mass is 10.1. The van der Waals surface area contributed by atoms with Crippen molar-refractivity contribution in [1.82, 2.24) is 4.98 Å². The van der Waals surface area contributed by atoms with Crippen LogP contribution in [0, 0.1) is 0 Å². The molecular formula is C23H16Cl2N2O3. The second-order valence-corrected chi connectivity index (χ2v) is 7.55. The fourth-order valence-corrected chi connectivity index (χ4v) is 3.99. The number of hydrogen-bond donors (Lipinski definition) is 2. The molecule has 3 aromatic carbocycles. The summed E-state index contributed by atoms with van der Waals surface area (Å²) in [7, 11) is 0. The Morgan fingerprint density at radius 3 is 2.20 bits per heavy atom. The average molecular weight is 439 g/mol. The molecule has 1 heterocycles. The van der Waals surface area contributed by atoms with Gasteiger partial charge in [-0.2, -0.15) is 0 Å². The number of H-pyrrole nitrogens is 1. The summed E-state index contributed by atoms with van der Waals surface area (Å²) < 4.78 is 0. The van der Waals surface area contributed by atoms with Gasteiger partial charge in [0.15, 0.2) is 0 Å². The van der Waals surface area contributed by atoms with E-state index < -0.39 is 5.97 Å². The van der Waals surface area contributed by atoms with Crippen LogP contribution in [0.4, 0.5) is 5.69 Å². The summed E-state index contributed by atoms with van der Waals surface area (Å²) in [5.41, 5.74) is 1.80. The van der Waals surface area contributed by atoms with E-state index in [-0.39, 0.29) is 28.9 Å². The van der Waals surface area contributed by atoms with Crippen molar-refractivity contribution in [3.05, 3.63) is 99.7 Å². The van der Waals surface area contributed by atoms with Gasteiger partial charge < -0.3 is 15.0 Å². The summed E-state index contributed by atoms with van der Waals surface area (Å²) in [5, 5.41) is 10.9. The third-order valence-electron chi connectivity index (χ3n) is 4.72. The minimum absolute atomic E-state index is 0.130. The van der Waals surface area contributed by atoms with Crippen LogP contribution in [0.5, 0.6) is 0 Å². The number of halogens is 2. The number of aromatic nitrogens is 1. The summed E-state index contributed by atoms with van der Waals surface area (Å²) in [6, 6.07) is 21.2. The van der Waals surface area contributed by atoms with Gasteiger partial charge in [-0.25, -0.2) is 4.79 Å². The van der Waals surface area contributed by atoms with E-state index in [0.29, 0.717) is 21.5 Å². The molecule has 0 aliphatic rings. The number of amides is 1. The van der Waals surface area contributed by atoms with Crippen molar-refractivity contribution in [2.45, 2.75) is 6.54 Å². The smallest absolute Gasteiger partial charge is 0.354 e. The van der Waals surface area contributed by atoms with Crippen molar-refractivity contribution in [2.75, 3.05) is 4.90 Å². The highest BCUT2D eigenvalue weighted by atomic mass is 35.5. The molecule has 0 aliphatic heterocycles. The molecule has 4 aromatic rings. The van der Waals surface area contributed by atoms with E-state index in [1.807, 2.05) is 36.4 Å². The molecule has 1 aromatic heterocycles. The standard InChI is InChI=1S/C23H16Cl2N2O3/c24-16-11-17(25)19-18(12-16)26-20(23(29)30)21(19)27(13-14-7-3-1-4-8-14)22(28)15-9-5-2-6-10-15/h1-12,26H,13H2,(H,29,30). The number of aromatic carboxylic acids is 1. The number of fused-ring (bicyclic) bond motifs is 1. The van der Waals surface area contributed by atoms with E-state index in [0.717, 1.165) is 5.56 Å². The largest absolute Gasteiger partial charge is 0.477 e. The third kappa shape index (κ3) is 3.77. The van der Waals surface area contributed by atoms with Gasteiger partial charge in [-0.05, 0) is 29.8 Å². The molecule has 0 fully saturated rings. The minimum Gasteiger partial charge on any atom is -0.477 e. The monoisotopic (exact) mass is 438 g/mol. The van der Waals surface area contributed by atoms with Crippen LogP contribution in [0.15, 0.2) is 72.8 Å². The number of benzene rings is 3. The number of rotatable bonds is 5. The van der Waals surface area contributed by atoms with Crippen LogP contribution in [-0.2, 0) is 6.54 Å². The summed E-state index contributed by atoms with van der Waals surface area (Å²) in [4.78, 5) is 29.8. The quantitative estimate of drug-likeness (QED) is 0.399. The first-order valence-corrected chi connectivity index (χ1v) is 9.86. The Kier molecular flexibility index (Phi) is 5.48. The van der Waals surface area contributed by atoms with Gasteiger partial charge in [-0.15, -0.1) is 0 Å². The molecule has 150 valence electrons. The Labute approximate surface area is 182 Å². The summed E-state index contributed by atoms with van der Waals surface area (Å²) in [5.74, 6) is -1.54. The highest BCUT2D eigenvalue weighted by molar-refractivity contribution is 6.40. The molecule has 2 N–H and O–H groups in total. The maximum absolute atomic E-state index is 13.5. The molecule has 1 amide bonds. The number of anilines is 1. The van der Waals surface area contributed by atoms with Crippen molar-refractivity contribution >= 4 is 51.7 Å². The number of carboxylic acid groups (broad SMARTS) is 1. The number of nitrogens with zero attached hydrogens (tertiary/aromatic N) is 1.